The number of likely N-dealkylation sites (N-methyl/N-ethyl adjacent to an activating group) is 1. The van der Waals surface area contributed by atoms with Gasteiger partial charge in [0.1, 0.15) is 18.7 Å². The molecule has 2 rings (SSSR count). The number of hydrogen-bond donors (Lipinski definition) is 3. The Morgan fingerprint density at radius 2 is 1.45 bits per heavy atom. The molecule has 0 heterocycles. The van der Waals surface area contributed by atoms with Crippen molar-refractivity contribution < 1.29 is 33.5 Å². The molecule has 2 atom stereocenters. The van der Waals surface area contributed by atoms with Crippen molar-refractivity contribution in [2.24, 2.45) is 5.73 Å². The lowest BCUT2D eigenvalue weighted by molar-refractivity contribution is -0.153. The number of hydrogen-bond acceptors (Lipinski definition) is 7. The Labute approximate surface area is 219 Å². The van der Waals surface area contributed by atoms with Crippen molar-refractivity contribution in [1.82, 2.24) is 20.7 Å². The first-order valence-electron chi connectivity index (χ1n) is 11.5. The molecule has 0 aliphatic carbocycles. The fraction of sp³-hybridized carbons (Fsp3) is 0.231. The number of nitrogens with two attached hydrogens (primary N) is 1. The number of nitrogens with one attached hydrogen (secondary N) is 2. The fourth-order valence-electron chi connectivity index (χ4n) is 3.11. The van der Waals surface area contributed by atoms with Crippen LogP contribution in [0.3, 0.4) is 0 Å². The van der Waals surface area contributed by atoms with E-state index < -0.39 is 47.7 Å². The lowest BCUT2D eigenvalue weighted by Crippen LogP contribution is -2.58. The number of allylic oxidation sites excluding steroid dienone is 1. The Bertz CT molecular complexity index is 1200. The molecule has 0 unspecified atom stereocenters. The van der Waals surface area contributed by atoms with Crippen LogP contribution >= 0.6 is 0 Å². The second-order valence-corrected chi connectivity index (χ2v) is 8.07. The molecule has 0 bridgehead atoms. The summed E-state index contributed by atoms with van der Waals surface area (Å²) in [4.78, 5) is 73.9. The van der Waals surface area contributed by atoms with Gasteiger partial charge in [0.15, 0.2) is 5.78 Å². The summed E-state index contributed by atoms with van der Waals surface area (Å²) in [7, 11) is 1.10. The van der Waals surface area contributed by atoms with Gasteiger partial charge in [-0.05, 0) is 25.5 Å². The number of nitrogens with zero attached hydrogens (tertiary/aromatic N) is 2. The van der Waals surface area contributed by atoms with Gasteiger partial charge < -0.3 is 21.1 Å². The van der Waals surface area contributed by atoms with Crippen LogP contribution in [0.25, 0.3) is 0 Å². The van der Waals surface area contributed by atoms with Gasteiger partial charge in [0.2, 0.25) is 5.91 Å². The van der Waals surface area contributed by atoms with Gasteiger partial charge in [0, 0.05) is 18.7 Å². The highest BCUT2D eigenvalue weighted by atomic mass is 16.5. The molecule has 6 amide bonds. The van der Waals surface area contributed by atoms with E-state index in [-0.39, 0.29) is 6.61 Å². The lowest BCUT2D eigenvalue weighted by atomic mass is 10.1. The van der Waals surface area contributed by atoms with Crippen LogP contribution in [0, 0.1) is 0 Å². The third kappa shape index (κ3) is 8.59. The number of carbonyl (C=O) groups is 6. The molecule has 0 saturated heterocycles. The first-order valence-corrected chi connectivity index (χ1v) is 11.5. The van der Waals surface area contributed by atoms with Crippen molar-refractivity contribution in [3.63, 3.8) is 0 Å². The summed E-state index contributed by atoms with van der Waals surface area (Å²) in [6.45, 7) is 2.70. The molecule has 12 nitrogen and oxygen atoms in total. The van der Waals surface area contributed by atoms with Gasteiger partial charge in [0.05, 0.1) is 0 Å². The molecule has 0 fully saturated rings. The van der Waals surface area contributed by atoms with Crippen LogP contribution in [-0.4, -0.2) is 64.8 Å². The maximum absolute atomic E-state index is 12.8. The number of imide groups is 1. The number of primary amides is 1. The summed E-state index contributed by atoms with van der Waals surface area (Å²) < 4.78 is 5.06. The van der Waals surface area contributed by atoms with E-state index >= 15 is 0 Å². The smallest absolute Gasteiger partial charge is 0.408 e. The van der Waals surface area contributed by atoms with Crippen molar-refractivity contribution in [1.29, 1.82) is 0 Å². The summed E-state index contributed by atoms with van der Waals surface area (Å²) in [5, 5.41) is 5.67. The number of ketones is 1. The van der Waals surface area contributed by atoms with Gasteiger partial charge >= 0.3 is 12.1 Å². The Morgan fingerprint density at radius 1 is 0.868 bits per heavy atom. The molecule has 0 spiro atoms. The van der Waals surface area contributed by atoms with Crippen molar-refractivity contribution in [2.75, 3.05) is 7.05 Å². The highest BCUT2D eigenvalue weighted by molar-refractivity contribution is 6.09. The summed E-state index contributed by atoms with van der Waals surface area (Å²) in [5.41, 5.74) is 6.35. The first-order chi connectivity index (χ1) is 18.0. The van der Waals surface area contributed by atoms with Crippen LogP contribution in [0.2, 0.25) is 0 Å². The van der Waals surface area contributed by atoms with Crippen LogP contribution < -0.4 is 16.4 Å². The topological polar surface area (TPSA) is 168 Å². The first kappa shape index (κ1) is 29.2. The molecule has 2 aromatic rings. The summed E-state index contributed by atoms with van der Waals surface area (Å²) in [6.07, 6.45) is 0.913. The van der Waals surface area contributed by atoms with Gasteiger partial charge in [0.25, 0.3) is 11.8 Å². The molecule has 0 saturated carbocycles. The van der Waals surface area contributed by atoms with E-state index in [1.807, 2.05) is 6.07 Å². The van der Waals surface area contributed by atoms with Crippen LogP contribution in [0.4, 0.5) is 9.59 Å². The molecule has 0 aromatic heterocycles. The summed E-state index contributed by atoms with van der Waals surface area (Å²) >= 11 is 0. The van der Waals surface area contributed by atoms with Crippen molar-refractivity contribution in [3.05, 3.63) is 83.9 Å². The second-order valence-electron chi connectivity index (χ2n) is 8.07. The van der Waals surface area contributed by atoms with Crippen molar-refractivity contribution >= 4 is 35.6 Å². The molecule has 4 N–H and O–H groups in total. The van der Waals surface area contributed by atoms with E-state index in [1.54, 1.807) is 54.6 Å². The minimum absolute atomic E-state index is 0.00304. The molecular weight excluding hydrogens is 494 g/mol. The molecule has 0 aliphatic rings. The Hall–Kier alpha value is -5.00. The number of rotatable bonds is 9. The van der Waals surface area contributed by atoms with Gasteiger partial charge in [-0.25, -0.2) is 14.6 Å². The molecular formula is C26H29N5O7. The van der Waals surface area contributed by atoms with E-state index in [0.29, 0.717) is 15.6 Å². The number of alkyl carbamates (subject to hydrolysis) is 1. The molecule has 38 heavy (non-hydrogen) atoms. The third-order valence-corrected chi connectivity index (χ3v) is 5.14. The standard InChI is InChI=1S/C26H29N5O7/c1-17(29-26(37)38-16-19-10-6-4-7-11-19)23(34)28-18(2)24(35)30(3)31(25(27)36)22(33)15-14-21(32)20-12-8-5-9-13-20/h4-15,17-18H,16H2,1-3H3,(H2,27,36)(H,28,34)(H,29,37)/b15-14+/t17-,18-/m0/s1. The fourth-order valence-corrected chi connectivity index (χ4v) is 3.11. The molecule has 12 heteroatoms. The van der Waals surface area contributed by atoms with Crippen LogP contribution in [0.1, 0.15) is 29.8 Å². The molecule has 200 valence electrons. The predicted octanol–water partition coefficient (Wildman–Crippen LogP) is 1.53. The summed E-state index contributed by atoms with van der Waals surface area (Å²) in [6, 6.07) is 13.4. The average Bonchev–Trinajstić information content (AvgIpc) is 2.90. The minimum Gasteiger partial charge on any atom is -0.445 e. The van der Waals surface area contributed by atoms with Crippen LogP contribution in [-0.2, 0) is 25.7 Å². The van der Waals surface area contributed by atoms with E-state index in [1.165, 1.54) is 13.8 Å². The quantitative estimate of drug-likeness (QED) is 0.254. The summed E-state index contributed by atoms with van der Waals surface area (Å²) in [5.74, 6) is -3.14. The van der Waals surface area contributed by atoms with Gasteiger partial charge in [-0.1, -0.05) is 60.7 Å². The SMILES string of the molecule is C[C@H](NC(=O)OCc1ccccc1)C(=O)N[C@@H](C)C(=O)N(C)N(C(N)=O)C(=O)/C=C/C(=O)c1ccccc1. The number of amides is 6. The van der Waals surface area contributed by atoms with Crippen molar-refractivity contribution in [3.8, 4) is 0 Å². The zero-order valence-corrected chi connectivity index (χ0v) is 21.1. The van der Waals surface area contributed by atoms with E-state index in [0.717, 1.165) is 24.8 Å². The normalized spacial score (nSPS) is 12.1. The Kier molecular flexibility index (Phi) is 10.7. The van der Waals surface area contributed by atoms with Gasteiger partial charge in [-0.3, -0.25) is 19.2 Å². The molecule has 2 aromatic carbocycles. The highest BCUT2D eigenvalue weighted by Crippen LogP contribution is 2.05. The zero-order valence-electron chi connectivity index (χ0n) is 21.1. The van der Waals surface area contributed by atoms with E-state index in [4.69, 9.17) is 10.5 Å². The van der Waals surface area contributed by atoms with Crippen LogP contribution in [0.15, 0.2) is 72.8 Å². The van der Waals surface area contributed by atoms with E-state index in [2.05, 4.69) is 10.6 Å². The monoisotopic (exact) mass is 523 g/mol. The third-order valence-electron chi connectivity index (χ3n) is 5.14. The number of hydrazine groups is 1. The zero-order chi connectivity index (χ0) is 28.2. The maximum Gasteiger partial charge on any atom is 0.408 e. The number of benzene rings is 2. The maximum atomic E-state index is 12.8. The Balaban J connectivity index is 1.93. The number of carbonyl (C=O) groups excluding carboxylic acids is 6. The number of urea groups is 1. The molecule has 0 aliphatic heterocycles. The predicted molar refractivity (Wildman–Crippen MR) is 136 cm³/mol. The van der Waals surface area contributed by atoms with Gasteiger partial charge in [-0.15, -0.1) is 0 Å². The average molecular weight is 524 g/mol. The largest absolute Gasteiger partial charge is 0.445 e. The van der Waals surface area contributed by atoms with Crippen LogP contribution in [0.5, 0.6) is 0 Å². The lowest BCUT2D eigenvalue weighted by Gasteiger charge is -2.30. The number of ether oxygens (including phenoxy) is 1. The van der Waals surface area contributed by atoms with E-state index in [9.17, 15) is 28.8 Å². The highest BCUT2D eigenvalue weighted by Gasteiger charge is 2.30. The second kappa shape index (κ2) is 13.9. The Morgan fingerprint density at radius 3 is 2.03 bits per heavy atom. The van der Waals surface area contributed by atoms with Gasteiger partial charge in [-0.2, -0.15) is 5.01 Å². The molecule has 0 radical (unpaired) electrons. The minimum atomic E-state index is -1.28. The van der Waals surface area contributed by atoms with Crippen molar-refractivity contribution in [2.45, 2.75) is 32.5 Å².